The van der Waals surface area contributed by atoms with E-state index in [2.05, 4.69) is 20.1 Å². The summed E-state index contributed by atoms with van der Waals surface area (Å²) in [6.07, 6.45) is 2.62. The van der Waals surface area contributed by atoms with Crippen molar-refractivity contribution in [1.29, 1.82) is 0 Å². The zero-order chi connectivity index (χ0) is 23.4. The van der Waals surface area contributed by atoms with Crippen molar-refractivity contribution >= 4 is 5.82 Å². The summed E-state index contributed by atoms with van der Waals surface area (Å²) in [4.78, 5) is 6.20. The van der Waals surface area contributed by atoms with Gasteiger partial charge in [-0.15, -0.1) is 5.10 Å². The number of ether oxygens (including phenoxy) is 3. The van der Waals surface area contributed by atoms with Gasteiger partial charge in [0.2, 0.25) is 5.88 Å². The number of nitrogens with zero attached hydrogens (tertiary/aromatic N) is 4. The highest BCUT2D eigenvalue weighted by atomic mass is 16.5. The maximum atomic E-state index is 11.0. The number of aliphatic hydroxyl groups excluding tert-OH is 1. The predicted octanol–water partition coefficient (Wildman–Crippen LogP) is 3.44. The number of anilines is 1. The van der Waals surface area contributed by atoms with Gasteiger partial charge in [-0.1, -0.05) is 6.07 Å². The molecule has 0 radical (unpaired) electrons. The van der Waals surface area contributed by atoms with Crippen LogP contribution in [0.25, 0.3) is 0 Å². The number of rotatable bonds is 7. The molecule has 0 bridgehead atoms. The molecule has 9 heteroatoms. The molecule has 9 nitrogen and oxygen atoms in total. The van der Waals surface area contributed by atoms with Gasteiger partial charge in [-0.3, -0.25) is 4.90 Å². The van der Waals surface area contributed by atoms with E-state index in [0.717, 1.165) is 42.8 Å². The summed E-state index contributed by atoms with van der Waals surface area (Å²) < 4.78 is 16.5. The highest BCUT2D eigenvalue weighted by molar-refractivity contribution is 5.46. The molecule has 33 heavy (non-hydrogen) atoms. The summed E-state index contributed by atoms with van der Waals surface area (Å²) in [7, 11) is 3.14. The Morgan fingerprint density at radius 1 is 1.03 bits per heavy atom. The first kappa shape index (κ1) is 22.8. The molecule has 3 heterocycles. The van der Waals surface area contributed by atoms with Crippen LogP contribution in [0.1, 0.15) is 41.8 Å². The van der Waals surface area contributed by atoms with Gasteiger partial charge in [0, 0.05) is 25.1 Å². The maximum absolute atomic E-state index is 11.0. The fourth-order valence-corrected chi connectivity index (χ4v) is 4.15. The number of hydrogen-bond donors (Lipinski definition) is 2. The quantitative estimate of drug-likeness (QED) is 0.557. The van der Waals surface area contributed by atoms with E-state index in [1.807, 2.05) is 19.1 Å². The number of nitrogens with two attached hydrogens (primary N) is 1. The van der Waals surface area contributed by atoms with Gasteiger partial charge in [-0.05, 0) is 55.2 Å². The van der Waals surface area contributed by atoms with Crippen LogP contribution in [-0.2, 0) is 0 Å². The molecule has 1 aliphatic rings. The Labute approximate surface area is 193 Å². The summed E-state index contributed by atoms with van der Waals surface area (Å²) in [6.45, 7) is 3.50. The number of aryl methyl sites for hydroxylation is 1. The smallest absolute Gasteiger partial charge is 0.213 e. The molecule has 0 amide bonds. The Hall–Kier alpha value is -3.43. The lowest BCUT2D eigenvalue weighted by molar-refractivity contribution is -0.0136. The third-order valence-electron chi connectivity index (χ3n) is 5.94. The fraction of sp³-hybridized carbons (Fsp3) is 0.375. The second-order valence-electron chi connectivity index (χ2n) is 8.07. The molecule has 3 aromatic rings. The van der Waals surface area contributed by atoms with Crippen LogP contribution in [0.5, 0.6) is 23.1 Å². The van der Waals surface area contributed by atoms with Gasteiger partial charge in [0.1, 0.15) is 17.8 Å². The molecular formula is C24H29N5O4. The molecule has 1 unspecified atom stereocenters. The lowest BCUT2D eigenvalue weighted by Crippen LogP contribution is -2.36. The van der Waals surface area contributed by atoms with Crippen LogP contribution in [0.4, 0.5) is 5.82 Å². The number of aromatic nitrogens is 3. The molecule has 4 rings (SSSR count). The fourth-order valence-electron chi connectivity index (χ4n) is 4.15. The normalized spacial score (nSPS) is 15.8. The molecule has 3 N–H and O–H groups in total. The first-order valence-electron chi connectivity index (χ1n) is 10.9. The summed E-state index contributed by atoms with van der Waals surface area (Å²) in [5.41, 5.74) is 8.53. The van der Waals surface area contributed by atoms with Crippen LogP contribution in [0.2, 0.25) is 0 Å². The lowest BCUT2D eigenvalue weighted by Gasteiger charge is -2.35. The minimum atomic E-state index is -0.741. The van der Waals surface area contributed by atoms with Crippen molar-refractivity contribution in [1.82, 2.24) is 20.1 Å². The first-order chi connectivity index (χ1) is 16.0. The van der Waals surface area contributed by atoms with E-state index in [0.29, 0.717) is 34.9 Å². The molecule has 0 saturated carbocycles. The van der Waals surface area contributed by atoms with Crippen molar-refractivity contribution in [3.05, 3.63) is 59.4 Å². The van der Waals surface area contributed by atoms with Crippen LogP contribution in [0.15, 0.2) is 42.6 Å². The molecule has 1 saturated heterocycles. The van der Waals surface area contributed by atoms with Crippen molar-refractivity contribution in [3.8, 4) is 23.1 Å². The SMILES string of the molecule is COc1ccc(Oc2ccc(C(O)N3CCC(c4nnc(N)cc4C)CC3)cc2OC)cn1. The second-order valence-corrected chi connectivity index (χ2v) is 8.07. The number of methoxy groups -OCH3 is 2. The van der Waals surface area contributed by atoms with Gasteiger partial charge >= 0.3 is 0 Å². The summed E-state index contributed by atoms with van der Waals surface area (Å²) in [6, 6.07) is 10.8. The average Bonchev–Trinajstić information content (AvgIpc) is 2.84. The number of pyridine rings is 1. The summed E-state index contributed by atoms with van der Waals surface area (Å²) >= 11 is 0. The number of nitrogen functional groups attached to an aromatic ring is 1. The minimum Gasteiger partial charge on any atom is -0.493 e. The van der Waals surface area contributed by atoms with Gasteiger partial charge in [-0.25, -0.2) is 4.98 Å². The van der Waals surface area contributed by atoms with Crippen LogP contribution in [-0.4, -0.2) is 52.5 Å². The molecule has 0 aliphatic carbocycles. The number of likely N-dealkylation sites (tertiary alicyclic amines) is 1. The Kier molecular flexibility index (Phi) is 6.90. The monoisotopic (exact) mass is 451 g/mol. The van der Waals surface area contributed by atoms with Crippen molar-refractivity contribution in [3.63, 3.8) is 0 Å². The van der Waals surface area contributed by atoms with Gasteiger partial charge in [-0.2, -0.15) is 5.10 Å². The van der Waals surface area contributed by atoms with E-state index < -0.39 is 6.23 Å². The molecule has 1 aliphatic heterocycles. The van der Waals surface area contributed by atoms with E-state index in [-0.39, 0.29) is 0 Å². The molecule has 1 aromatic carbocycles. The zero-order valence-electron chi connectivity index (χ0n) is 19.1. The van der Waals surface area contributed by atoms with Crippen LogP contribution >= 0.6 is 0 Å². The number of hydrogen-bond acceptors (Lipinski definition) is 9. The largest absolute Gasteiger partial charge is 0.493 e. The van der Waals surface area contributed by atoms with Gasteiger partial charge < -0.3 is 25.1 Å². The van der Waals surface area contributed by atoms with Crippen molar-refractivity contribution in [2.75, 3.05) is 33.0 Å². The molecule has 1 fully saturated rings. The first-order valence-corrected chi connectivity index (χ1v) is 10.9. The highest BCUT2D eigenvalue weighted by Crippen LogP contribution is 2.36. The molecule has 174 valence electrons. The van der Waals surface area contributed by atoms with Crippen LogP contribution in [0.3, 0.4) is 0 Å². The van der Waals surface area contributed by atoms with Crippen molar-refractivity contribution < 1.29 is 19.3 Å². The Morgan fingerprint density at radius 2 is 1.82 bits per heavy atom. The maximum Gasteiger partial charge on any atom is 0.213 e. The number of piperidine rings is 1. The Morgan fingerprint density at radius 3 is 2.45 bits per heavy atom. The highest BCUT2D eigenvalue weighted by Gasteiger charge is 2.28. The molecule has 2 aromatic heterocycles. The van der Waals surface area contributed by atoms with Gasteiger partial charge in [0.25, 0.3) is 0 Å². The van der Waals surface area contributed by atoms with E-state index in [4.69, 9.17) is 19.9 Å². The molecule has 1 atom stereocenters. The third kappa shape index (κ3) is 5.15. The van der Waals surface area contributed by atoms with E-state index in [1.165, 1.54) is 0 Å². The molecule has 0 spiro atoms. The minimum absolute atomic E-state index is 0.310. The second kappa shape index (κ2) is 10.0. The van der Waals surface area contributed by atoms with Gasteiger partial charge in [0.05, 0.1) is 26.1 Å². The van der Waals surface area contributed by atoms with Crippen molar-refractivity contribution in [2.24, 2.45) is 0 Å². The zero-order valence-corrected chi connectivity index (χ0v) is 19.1. The van der Waals surface area contributed by atoms with Crippen molar-refractivity contribution in [2.45, 2.75) is 31.9 Å². The standard InChI is InChI=1S/C24H29N5O4/c1-15-12-21(25)27-28-23(15)16-8-10-29(11-9-16)24(30)17-4-6-19(20(13-17)31-2)33-18-5-7-22(32-3)26-14-18/h4-7,12-14,16,24,30H,8-11H2,1-3H3,(H2,25,27). The van der Waals surface area contributed by atoms with E-state index >= 15 is 0 Å². The predicted molar refractivity (Wildman–Crippen MR) is 124 cm³/mol. The Bertz CT molecular complexity index is 1080. The molecular weight excluding hydrogens is 422 g/mol. The topological polar surface area (TPSA) is 116 Å². The summed E-state index contributed by atoms with van der Waals surface area (Å²) in [5.74, 6) is 2.89. The Balaban J connectivity index is 1.42. The number of aliphatic hydroxyl groups is 1. The van der Waals surface area contributed by atoms with Crippen LogP contribution < -0.4 is 19.9 Å². The summed E-state index contributed by atoms with van der Waals surface area (Å²) in [5, 5.41) is 19.3. The van der Waals surface area contributed by atoms with Gasteiger partial charge in [0.15, 0.2) is 11.5 Å². The lowest BCUT2D eigenvalue weighted by atomic mass is 9.90. The van der Waals surface area contributed by atoms with Crippen LogP contribution in [0, 0.1) is 6.92 Å². The van der Waals surface area contributed by atoms with E-state index in [9.17, 15) is 5.11 Å². The third-order valence-corrected chi connectivity index (χ3v) is 5.94. The average molecular weight is 452 g/mol. The van der Waals surface area contributed by atoms with E-state index in [1.54, 1.807) is 44.7 Å². The number of benzene rings is 1.